The van der Waals surface area contributed by atoms with Crippen molar-refractivity contribution in [3.05, 3.63) is 52.6 Å². The zero-order chi connectivity index (χ0) is 18.9. The highest BCUT2D eigenvalue weighted by molar-refractivity contribution is 7.95. The summed E-state index contributed by atoms with van der Waals surface area (Å²) in [7, 11) is -2.30. The number of ether oxygens (including phenoxy) is 2. The minimum Gasteiger partial charge on any atom is -0.484 e. The number of fused-ring (bicyclic) bond motifs is 3. The number of β-lactam (4-membered cyclic amide) rings is 1. The lowest BCUT2D eigenvalue weighted by Crippen LogP contribution is -2.74. The highest BCUT2D eigenvalue weighted by atomic mass is 32.2. The fraction of sp³-hybridized carbons (Fsp3) is 0.421. The third-order valence-corrected chi connectivity index (χ3v) is 7.43. The zero-order valence-electron chi connectivity index (χ0n) is 15.1. The molecule has 138 valence electrons. The molecule has 1 amide bonds. The molecule has 0 saturated carbocycles. The highest BCUT2D eigenvalue weighted by Crippen LogP contribution is 2.50. The number of nitrogens with zero attached hydrogens (tertiary/aromatic N) is 1. The van der Waals surface area contributed by atoms with Crippen molar-refractivity contribution in [1.29, 1.82) is 0 Å². The lowest BCUT2D eigenvalue weighted by atomic mass is 9.78. The molecule has 7 heteroatoms. The maximum Gasteiger partial charge on any atom is 0.255 e. The van der Waals surface area contributed by atoms with Gasteiger partial charge in [0.2, 0.25) is 9.84 Å². The molecule has 0 radical (unpaired) electrons. The van der Waals surface area contributed by atoms with Gasteiger partial charge in [0, 0.05) is 7.11 Å². The summed E-state index contributed by atoms with van der Waals surface area (Å²) in [6, 6.07) is 7.29. The predicted octanol–water partition coefficient (Wildman–Crippen LogP) is 2.04. The Morgan fingerprint density at radius 2 is 1.85 bits per heavy atom. The van der Waals surface area contributed by atoms with E-state index < -0.39 is 27.6 Å². The Hall–Kier alpha value is -2.12. The number of carbonyl (C=O) groups excluding carboxylic acids is 1. The van der Waals surface area contributed by atoms with Crippen molar-refractivity contribution < 1.29 is 22.7 Å². The minimum absolute atomic E-state index is 0.155. The molecule has 1 saturated heterocycles. The summed E-state index contributed by atoms with van der Waals surface area (Å²) in [6.07, 6.45) is 1.35. The number of carbonyl (C=O) groups is 1. The fourth-order valence-electron chi connectivity index (χ4n) is 4.46. The van der Waals surface area contributed by atoms with Gasteiger partial charge in [-0.1, -0.05) is 18.2 Å². The average molecular weight is 375 g/mol. The van der Waals surface area contributed by atoms with Crippen LogP contribution in [-0.2, 0) is 24.1 Å². The third kappa shape index (κ3) is 2.07. The van der Waals surface area contributed by atoms with E-state index in [4.69, 9.17) is 9.47 Å². The maximum atomic E-state index is 13.3. The maximum absolute atomic E-state index is 13.3. The van der Waals surface area contributed by atoms with Gasteiger partial charge in [0.1, 0.15) is 22.3 Å². The molecular formula is C19H21NO5S. The molecule has 3 aliphatic heterocycles. The summed E-state index contributed by atoms with van der Waals surface area (Å²) in [5, 5.41) is 0. The smallest absolute Gasteiger partial charge is 0.255 e. The molecule has 26 heavy (non-hydrogen) atoms. The minimum atomic E-state index is -3.79. The average Bonchev–Trinajstić information content (AvgIpc) is 2.84. The first-order valence-corrected chi connectivity index (χ1v) is 9.95. The van der Waals surface area contributed by atoms with Gasteiger partial charge in [-0.15, -0.1) is 0 Å². The molecule has 1 aromatic rings. The van der Waals surface area contributed by atoms with Crippen LogP contribution in [-0.4, -0.2) is 50.1 Å². The Morgan fingerprint density at radius 1 is 1.19 bits per heavy atom. The zero-order valence-corrected chi connectivity index (χ0v) is 15.9. The summed E-state index contributed by atoms with van der Waals surface area (Å²) in [4.78, 5) is 14.6. The molecule has 0 bridgehead atoms. The van der Waals surface area contributed by atoms with Crippen LogP contribution < -0.4 is 0 Å². The number of hydrogen-bond acceptors (Lipinski definition) is 5. The van der Waals surface area contributed by atoms with E-state index in [1.807, 2.05) is 19.9 Å². The molecule has 1 aromatic carbocycles. The monoisotopic (exact) mass is 375 g/mol. The number of sulfone groups is 1. The van der Waals surface area contributed by atoms with Gasteiger partial charge in [-0.3, -0.25) is 4.79 Å². The fourth-order valence-corrected chi connectivity index (χ4v) is 6.29. The molecule has 0 unspecified atom stereocenters. The van der Waals surface area contributed by atoms with E-state index in [0.29, 0.717) is 5.76 Å². The SMILES string of the molecule is CO[C@H]1C(=O)N2[C@@H]1C(C)=C[C@]1(C)OC(C)=C(S(=O)(=O)c3ccccc3)[C@H]21. The Bertz CT molecular complexity index is 949. The van der Waals surface area contributed by atoms with Crippen LogP contribution in [0.3, 0.4) is 0 Å². The number of methoxy groups -OCH3 is 1. The Labute approximate surface area is 153 Å². The standard InChI is InChI=1S/C19H21NO5S/c1-11-10-19(3)17(20-14(11)15(24-4)18(20)21)16(12(2)25-19)26(22,23)13-8-6-5-7-9-13/h5-10,14-15,17H,1-4H3/t14-,15-,17+,19+/m1/s1. The molecule has 1 fully saturated rings. The summed E-state index contributed by atoms with van der Waals surface area (Å²) in [5.41, 5.74) is 0.0392. The Balaban J connectivity index is 1.86. The molecule has 3 aliphatic rings. The van der Waals surface area contributed by atoms with Crippen molar-refractivity contribution in [3.8, 4) is 0 Å². The van der Waals surface area contributed by atoms with Crippen LogP contribution in [0.25, 0.3) is 0 Å². The van der Waals surface area contributed by atoms with Gasteiger partial charge in [0.05, 0.1) is 10.9 Å². The van der Waals surface area contributed by atoms with E-state index >= 15 is 0 Å². The number of benzene rings is 1. The molecule has 0 N–H and O–H groups in total. The van der Waals surface area contributed by atoms with Gasteiger partial charge >= 0.3 is 0 Å². The Kier molecular flexibility index (Phi) is 3.62. The van der Waals surface area contributed by atoms with Gasteiger partial charge in [0.25, 0.3) is 5.91 Å². The molecule has 4 atom stereocenters. The van der Waals surface area contributed by atoms with Gasteiger partial charge in [-0.2, -0.15) is 0 Å². The topological polar surface area (TPSA) is 72.9 Å². The molecule has 4 rings (SSSR count). The van der Waals surface area contributed by atoms with E-state index in [9.17, 15) is 13.2 Å². The van der Waals surface area contributed by atoms with E-state index in [-0.39, 0.29) is 21.7 Å². The van der Waals surface area contributed by atoms with E-state index in [2.05, 4.69) is 0 Å². The molecule has 0 aliphatic carbocycles. The molecular weight excluding hydrogens is 354 g/mol. The number of amides is 1. The number of rotatable bonds is 3. The normalized spacial score (nSPS) is 33.2. The summed E-state index contributed by atoms with van der Waals surface area (Å²) in [5.74, 6) is 0.125. The quantitative estimate of drug-likeness (QED) is 0.597. The molecule has 0 aromatic heterocycles. The largest absolute Gasteiger partial charge is 0.484 e. The number of allylic oxidation sites excluding steroid dienone is 1. The van der Waals surface area contributed by atoms with E-state index in [0.717, 1.165) is 5.57 Å². The van der Waals surface area contributed by atoms with E-state index in [1.54, 1.807) is 42.2 Å². The van der Waals surface area contributed by atoms with Crippen molar-refractivity contribution in [3.63, 3.8) is 0 Å². The van der Waals surface area contributed by atoms with Crippen LogP contribution >= 0.6 is 0 Å². The molecule has 6 nitrogen and oxygen atoms in total. The number of hydrogen-bond donors (Lipinski definition) is 0. The summed E-state index contributed by atoms with van der Waals surface area (Å²) < 4.78 is 38.0. The van der Waals surface area contributed by atoms with Crippen LogP contribution in [0.15, 0.2) is 57.5 Å². The van der Waals surface area contributed by atoms with Crippen LogP contribution in [0.1, 0.15) is 20.8 Å². The summed E-state index contributed by atoms with van der Waals surface area (Å²) in [6.45, 7) is 5.39. The first-order valence-electron chi connectivity index (χ1n) is 8.46. The third-order valence-electron chi connectivity index (χ3n) is 5.45. The predicted molar refractivity (Wildman–Crippen MR) is 94.8 cm³/mol. The van der Waals surface area contributed by atoms with E-state index in [1.165, 1.54) is 7.11 Å². The Morgan fingerprint density at radius 3 is 2.46 bits per heavy atom. The second-order valence-electron chi connectivity index (χ2n) is 7.16. The van der Waals surface area contributed by atoms with Crippen LogP contribution in [0.4, 0.5) is 0 Å². The first kappa shape index (κ1) is 17.3. The van der Waals surface area contributed by atoms with Crippen LogP contribution in [0.5, 0.6) is 0 Å². The summed E-state index contributed by atoms with van der Waals surface area (Å²) >= 11 is 0. The second kappa shape index (κ2) is 5.44. The van der Waals surface area contributed by atoms with Gasteiger partial charge in [0.15, 0.2) is 6.10 Å². The first-order chi connectivity index (χ1) is 12.2. The molecule has 3 heterocycles. The van der Waals surface area contributed by atoms with Gasteiger partial charge < -0.3 is 14.4 Å². The van der Waals surface area contributed by atoms with Gasteiger partial charge in [-0.05, 0) is 44.6 Å². The lowest BCUT2D eigenvalue weighted by Gasteiger charge is -2.55. The van der Waals surface area contributed by atoms with Crippen molar-refractivity contribution in [1.82, 2.24) is 4.90 Å². The van der Waals surface area contributed by atoms with Crippen molar-refractivity contribution in [2.75, 3.05) is 7.11 Å². The van der Waals surface area contributed by atoms with Gasteiger partial charge in [-0.25, -0.2) is 8.42 Å². The molecule has 0 spiro atoms. The highest BCUT2D eigenvalue weighted by Gasteiger charge is 2.64. The van der Waals surface area contributed by atoms with Crippen molar-refractivity contribution >= 4 is 15.7 Å². The van der Waals surface area contributed by atoms with Crippen LogP contribution in [0, 0.1) is 0 Å². The lowest BCUT2D eigenvalue weighted by molar-refractivity contribution is -0.177. The van der Waals surface area contributed by atoms with Crippen LogP contribution in [0.2, 0.25) is 0 Å². The van der Waals surface area contributed by atoms with Crippen molar-refractivity contribution in [2.45, 2.75) is 49.5 Å². The van der Waals surface area contributed by atoms with Crippen molar-refractivity contribution in [2.24, 2.45) is 0 Å². The second-order valence-corrected chi connectivity index (χ2v) is 9.08.